The zero-order valence-corrected chi connectivity index (χ0v) is 11.3. The summed E-state index contributed by atoms with van der Waals surface area (Å²) in [6.07, 6.45) is 5.27. The molecule has 17 heavy (non-hydrogen) atoms. The molecule has 2 heterocycles. The number of thiazole rings is 1. The summed E-state index contributed by atoms with van der Waals surface area (Å²) in [6.45, 7) is 5.86. The standard InChI is InChI=1S/C13H21N3S/c1-2-11-9-17-13(15-11)14-7-10-5-6-16(8-10)12-3-4-12/h9-10,12H,2-8H2,1H3,(H,14,15). The molecule has 1 aliphatic carbocycles. The highest BCUT2D eigenvalue weighted by Crippen LogP contribution is 2.31. The van der Waals surface area contributed by atoms with Crippen LogP contribution >= 0.6 is 11.3 Å². The number of aromatic nitrogens is 1. The molecule has 1 atom stereocenters. The van der Waals surface area contributed by atoms with E-state index in [-0.39, 0.29) is 0 Å². The third-order valence-electron chi connectivity index (χ3n) is 3.84. The number of nitrogens with zero attached hydrogens (tertiary/aromatic N) is 2. The Bertz CT molecular complexity index is 372. The first-order chi connectivity index (χ1) is 8.35. The van der Waals surface area contributed by atoms with Gasteiger partial charge in [-0.25, -0.2) is 4.98 Å². The maximum Gasteiger partial charge on any atom is 0.182 e. The van der Waals surface area contributed by atoms with Gasteiger partial charge in [0.1, 0.15) is 0 Å². The minimum Gasteiger partial charge on any atom is -0.361 e. The molecule has 4 heteroatoms. The van der Waals surface area contributed by atoms with Crippen LogP contribution in [0.3, 0.4) is 0 Å². The summed E-state index contributed by atoms with van der Waals surface area (Å²) >= 11 is 1.74. The monoisotopic (exact) mass is 251 g/mol. The van der Waals surface area contributed by atoms with Gasteiger partial charge in [-0.2, -0.15) is 0 Å². The van der Waals surface area contributed by atoms with E-state index in [2.05, 4.69) is 27.5 Å². The van der Waals surface area contributed by atoms with E-state index in [4.69, 9.17) is 0 Å². The Labute approximate surface area is 107 Å². The van der Waals surface area contributed by atoms with Crippen molar-refractivity contribution in [2.75, 3.05) is 25.0 Å². The highest BCUT2D eigenvalue weighted by Gasteiger charge is 2.34. The molecule has 1 saturated carbocycles. The van der Waals surface area contributed by atoms with Gasteiger partial charge in [-0.05, 0) is 38.1 Å². The summed E-state index contributed by atoms with van der Waals surface area (Å²) in [5, 5.41) is 6.77. The van der Waals surface area contributed by atoms with E-state index in [1.54, 1.807) is 11.3 Å². The molecule has 94 valence electrons. The summed E-state index contributed by atoms with van der Waals surface area (Å²) in [5.41, 5.74) is 1.21. The van der Waals surface area contributed by atoms with Gasteiger partial charge in [0.25, 0.3) is 0 Å². The van der Waals surface area contributed by atoms with Gasteiger partial charge in [-0.3, -0.25) is 0 Å². The number of hydrogen-bond donors (Lipinski definition) is 1. The molecule has 0 radical (unpaired) electrons. The summed E-state index contributed by atoms with van der Waals surface area (Å²) < 4.78 is 0. The zero-order chi connectivity index (χ0) is 11.7. The zero-order valence-electron chi connectivity index (χ0n) is 10.5. The van der Waals surface area contributed by atoms with Gasteiger partial charge >= 0.3 is 0 Å². The van der Waals surface area contributed by atoms with Gasteiger partial charge in [0, 0.05) is 24.5 Å². The van der Waals surface area contributed by atoms with Gasteiger partial charge < -0.3 is 10.2 Å². The van der Waals surface area contributed by atoms with Crippen LogP contribution in [0.4, 0.5) is 5.13 Å². The van der Waals surface area contributed by atoms with Crippen molar-refractivity contribution in [3.63, 3.8) is 0 Å². The minimum absolute atomic E-state index is 0.824. The van der Waals surface area contributed by atoms with E-state index in [9.17, 15) is 0 Å². The number of likely N-dealkylation sites (tertiary alicyclic amines) is 1. The lowest BCUT2D eigenvalue weighted by atomic mass is 10.1. The predicted octanol–water partition coefficient (Wildman–Crippen LogP) is 2.60. The Hall–Kier alpha value is -0.610. The third-order valence-corrected chi connectivity index (χ3v) is 4.69. The molecule has 1 aromatic rings. The molecule has 0 aromatic carbocycles. The van der Waals surface area contributed by atoms with Crippen molar-refractivity contribution in [3.8, 4) is 0 Å². The van der Waals surface area contributed by atoms with Crippen molar-refractivity contribution >= 4 is 16.5 Å². The molecule has 3 rings (SSSR count). The van der Waals surface area contributed by atoms with Crippen LogP contribution in [-0.2, 0) is 6.42 Å². The average molecular weight is 251 g/mol. The number of hydrogen-bond acceptors (Lipinski definition) is 4. The van der Waals surface area contributed by atoms with Crippen LogP contribution in [0, 0.1) is 5.92 Å². The van der Waals surface area contributed by atoms with Gasteiger partial charge in [-0.15, -0.1) is 11.3 Å². The quantitative estimate of drug-likeness (QED) is 0.872. The first kappa shape index (κ1) is 11.5. The Morgan fingerprint density at radius 2 is 2.35 bits per heavy atom. The first-order valence-corrected chi connectivity index (χ1v) is 7.65. The summed E-state index contributed by atoms with van der Waals surface area (Å²) in [5.74, 6) is 0.824. The Morgan fingerprint density at radius 3 is 3.06 bits per heavy atom. The molecule has 2 fully saturated rings. The van der Waals surface area contributed by atoms with Crippen LogP contribution in [0.1, 0.15) is 31.9 Å². The predicted molar refractivity (Wildman–Crippen MR) is 72.7 cm³/mol. The molecule has 3 nitrogen and oxygen atoms in total. The fourth-order valence-corrected chi connectivity index (χ4v) is 3.39. The highest BCUT2D eigenvalue weighted by molar-refractivity contribution is 7.13. The average Bonchev–Trinajstić information content (AvgIpc) is 2.93. The van der Waals surface area contributed by atoms with E-state index in [1.807, 2.05) is 0 Å². The topological polar surface area (TPSA) is 28.2 Å². The highest BCUT2D eigenvalue weighted by atomic mass is 32.1. The number of rotatable bonds is 5. The number of aryl methyl sites for hydroxylation is 1. The van der Waals surface area contributed by atoms with Crippen LogP contribution in [0.25, 0.3) is 0 Å². The lowest BCUT2D eigenvalue weighted by molar-refractivity contribution is 0.316. The maximum atomic E-state index is 4.55. The SMILES string of the molecule is CCc1csc(NCC2CCN(C3CC3)C2)n1. The van der Waals surface area contributed by atoms with E-state index in [1.165, 1.54) is 38.0 Å². The van der Waals surface area contributed by atoms with Crippen LogP contribution in [0.2, 0.25) is 0 Å². The fourth-order valence-electron chi connectivity index (χ4n) is 2.58. The normalized spacial score (nSPS) is 25.4. The Morgan fingerprint density at radius 1 is 1.47 bits per heavy atom. The lowest BCUT2D eigenvalue weighted by Gasteiger charge is -2.14. The van der Waals surface area contributed by atoms with Crippen molar-refractivity contribution < 1.29 is 0 Å². The second kappa shape index (κ2) is 4.94. The molecule has 1 aliphatic heterocycles. The number of anilines is 1. The third kappa shape index (κ3) is 2.80. The summed E-state index contributed by atoms with van der Waals surface area (Å²) in [4.78, 5) is 7.22. The first-order valence-electron chi connectivity index (χ1n) is 6.77. The fraction of sp³-hybridized carbons (Fsp3) is 0.769. The molecular weight excluding hydrogens is 230 g/mol. The van der Waals surface area contributed by atoms with E-state index in [0.29, 0.717) is 0 Å². The lowest BCUT2D eigenvalue weighted by Crippen LogP contribution is -2.24. The van der Waals surface area contributed by atoms with E-state index in [0.717, 1.165) is 30.1 Å². The van der Waals surface area contributed by atoms with Crippen molar-refractivity contribution in [2.24, 2.45) is 5.92 Å². The summed E-state index contributed by atoms with van der Waals surface area (Å²) in [6, 6.07) is 0.937. The second-order valence-electron chi connectivity index (χ2n) is 5.26. The Balaban J connectivity index is 1.44. The smallest absolute Gasteiger partial charge is 0.182 e. The molecule has 0 bridgehead atoms. The van der Waals surface area contributed by atoms with E-state index < -0.39 is 0 Å². The number of nitrogens with one attached hydrogen (secondary N) is 1. The minimum atomic E-state index is 0.824. The molecule has 0 amide bonds. The largest absolute Gasteiger partial charge is 0.361 e. The molecule has 0 spiro atoms. The maximum absolute atomic E-state index is 4.55. The Kier molecular flexibility index (Phi) is 3.34. The molecule has 1 N–H and O–H groups in total. The molecule has 1 saturated heterocycles. The van der Waals surface area contributed by atoms with Crippen molar-refractivity contribution in [1.29, 1.82) is 0 Å². The second-order valence-corrected chi connectivity index (χ2v) is 6.12. The van der Waals surface area contributed by atoms with Crippen LogP contribution in [0.5, 0.6) is 0 Å². The van der Waals surface area contributed by atoms with Gasteiger partial charge in [-0.1, -0.05) is 6.92 Å². The molecular formula is C13H21N3S. The van der Waals surface area contributed by atoms with Gasteiger partial charge in [0.05, 0.1) is 5.69 Å². The molecule has 2 aliphatic rings. The van der Waals surface area contributed by atoms with Crippen LogP contribution in [-0.4, -0.2) is 35.6 Å². The van der Waals surface area contributed by atoms with Crippen LogP contribution < -0.4 is 5.32 Å². The van der Waals surface area contributed by atoms with Gasteiger partial charge in [0.15, 0.2) is 5.13 Å². The van der Waals surface area contributed by atoms with Gasteiger partial charge in [0.2, 0.25) is 0 Å². The summed E-state index contributed by atoms with van der Waals surface area (Å²) in [7, 11) is 0. The van der Waals surface area contributed by atoms with Crippen molar-refractivity contribution in [1.82, 2.24) is 9.88 Å². The van der Waals surface area contributed by atoms with Crippen molar-refractivity contribution in [3.05, 3.63) is 11.1 Å². The molecule has 1 unspecified atom stereocenters. The van der Waals surface area contributed by atoms with Crippen LogP contribution in [0.15, 0.2) is 5.38 Å². The van der Waals surface area contributed by atoms with E-state index >= 15 is 0 Å². The molecule has 1 aromatic heterocycles. The van der Waals surface area contributed by atoms with Crippen molar-refractivity contribution in [2.45, 2.75) is 38.6 Å².